The minimum atomic E-state index is 0.805. The number of benzene rings is 1. The van der Waals surface area contributed by atoms with Crippen LogP contribution in [0.25, 0.3) is 0 Å². The summed E-state index contributed by atoms with van der Waals surface area (Å²) >= 11 is 2.99. The first-order valence-electron chi connectivity index (χ1n) is 2.36. The Labute approximate surface area is 58.9 Å². The molecule has 0 aliphatic heterocycles. The van der Waals surface area contributed by atoms with Gasteiger partial charge in [-0.2, -0.15) is 0 Å². The Hall–Kier alpha value is 0.169. The van der Waals surface area contributed by atoms with E-state index in [-0.39, 0.29) is 0 Å². The summed E-state index contributed by atoms with van der Waals surface area (Å²) in [4.78, 5) is 0. The molecule has 0 heterocycles. The van der Waals surface area contributed by atoms with E-state index in [1.165, 1.54) is 5.30 Å². The van der Waals surface area contributed by atoms with Crippen LogP contribution in [0.4, 0.5) is 0 Å². The minimum absolute atomic E-state index is 0.805. The molecule has 42 valence electrons. The molecule has 8 heavy (non-hydrogen) atoms. The molecule has 1 aromatic rings. The van der Waals surface area contributed by atoms with Crippen LogP contribution >= 0.6 is 7.27 Å². The van der Waals surface area contributed by atoms with Crippen molar-refractivity contribution in [3.63, 3.8) is 0 Å². The Morgan fingerprint density at radius 1 is 1.12 bits per heavy atom. The molecule has 1 aromatic carbocycles. The van der Waals surface area contributed by atoms with E-state index in [1.54, 1.807) is 0 Å². The van der Waals surface area contributed by atoms with Crippen molar-refractivity contribution in [1.82, 2.24) is 0 Å². The van der Waals surface area contributed by atoms with Gasteiger partial charge in [0, 0.05) is 0 Å². The van der Waals surface area contributed by atoms with Crippen LogP contribution in [-0.4, -0.2) is 15.6 Å². The van der Waals surface area contributed by atoms with Crippen LogP contribution in [0.1, 0.15) is 0 Å². The second-order valence-corrected chi connectivity index (χ2v) is 3.53. The van der Waals surface area contributed by atoms with E-state index in [2.05, 4.69) is 39.8 Å². The van der Waals surface area contributed by atoms with Crippen LogP contribution < -0.4 is 5.30 Å². The van der Waals surface area contributed by atoms with Crippen LogP contribution in [-0.2, 0) is 0 Å². The average molecular weight is 188 g/mol. The van der Waals surface area contributed by atoms with Crippen LogP contribution in [0.5, 0.6) is 0 Å². The molecule has 0 aromatic heterocycles. The van der Waals surface area contributed by atoms with Crippen molar-refractivity contribution in [2.24, 2.45) is 0 Å². The first-order chi connectivity index (χ1) is 3.93. The topological polar surface area (TPSA) is 0 Å². The van der Waals surface area contributed by atoms with Gasteiger partial charge in [-0.05, 0) is 0 Å². The molecule has 0 bridgehead atoms. The maximum atomic E-state index is 2.99. The zero-order chi connectivity index (χ0) is 5.82. The number of hydrogen-bond acceptors (Lipinski definition) is 0. The molecule has 2 heteroatoms. The van der Waals surface area contributed by atoms with Crippen LogP contribution in [0.3, 0.4) is 0 Å². The number of rotatable bonds is 1. The Kier molecular flexibility index (Phi) is 2.55. The predicted octanol–water partition coefficient (Wildman–Crippen LogP) is 1.07. The second kappa shape index (κ2) is 3.25. The fourth-order valence-electron chi connectivity index (χ4n) is 0.506. The third-order valence-corrected chi connectivity index (χ3v) is 2.94. The van der Waals surface area contributed by atoms with Gasteiger partial charge in [0.05, 0.1) is 0 Å². The summed E-state index contributed by atoms with van der Waals surface area (Å²) in [6.07, 6.45) is 0. The monoisotopic (exact) mass is 189 g/mol. The SMILES string of the molecule is [Se-]Pc1ccccc1. The van der Waals surface area contributed by atoms with Gasteiger partial charge < -0.3 is 0 Å². The molecule has 1 atom stereocenters. The van der Waals surface area contributed by atoms with Crippen molar-refractivity contribution < 1.29 is 0 Å². The zero-order valence-electron chi connectivity index (χ0n) is 4.29. The predicted molar refractivity (Wildman–Crippen MR) is 40.1 cm³/mol. The molecule has 0 aliphatic rings. The first kappa shape index (κ1) is 6.29. The third-order valence-electron chi connectivity index (χ3n) is 0.892. The van der Waals surface area contributed by atoms with Crippen molar-refractivity contribution in [3.05, 3.63) is 30.3 Å². The van der Waals surface area contributed by atoms with Gasteiger partial charge in [-0.3, -0.25) is 0 Å². The van der Waals surface area contributed by atoms with Crippen molar-refractivity contribution in [1.29, 1.82) is 0 Å². The first-order valence-corrected chi connectivity index (χ1v) is 5.84. The standard InChI is InChI=1S/C6H6PSe/c8-7-6-4-2-1-3-5-6/h1-5,7H/q-1. The van der Waals surface area contributed by atoms with Gasteiger partial charge in [-0.1, -0.05) is 0 Å². The molecule has 0 radical (unpaired) electrons. The molecule has 0 aliphatic carbocycles. The summed E-state index contributed by atoms with van der Waals surface area (Å²) in [5.41, 5.74) is 0. The van der Waals surface area contributed by atoms with E-state index in [9.17, 15) is 0 Å². The van der Waals surface area contributed by atoms with E-state index < -0.39 is 0 Å². The van der Waals surface area contributed by atoms with Gasteiger partial charge in [-0.25, -0.2) is 0 Å². The molecular weight excluding hydrogens is 182 g/mol. The van der Waals surface area contributed by atoms with Crippen molar-refractivity contribution in [2.45, 2.75) is 0 Å². The second-order valence-electron chi connectivity index (χ2n) is 1.47. The van der Waals surface area contributed by atoms with E-state index in [4.69, 9.17) is 0 Å². The summed E-state index contributed by atoms with van der Waals surface area (Å²) in [5.74, 6) is 0. The molecular formula is C6H6PSe-. The molecule has 0 amide bonds. The summed E-state index contributed by atoms with van der Waals surface area (Å²) in [6.45, 7) is 0. The molecule has 1 rings (SSSR count). The normalized spacial score (nSPS) is 10.6. The Bertz CT molecular complexity index is 150. The van der Waals surface area contributed by atoms with E-state index in [0.717, 1.165) is 7.27 Å². The molecule has 0 N–H and O–H groups in total. The fourth-order valence-corrected chi connectivity index (χ4v) is 1.69. The summed E-state index contributed by atoms with van der Waals surface area (Å²) in [5, 5.41) is 1.38. The van der Waals surface area contributed by atoms with Gasteiger partial charge >= 0.3 is 58.5 Å². The van der Waals surface area contributed by atoms with Gasteiger partial charge in [0.2, 0.25) is 0 Å². The fraction of sp³-hybridized carbons (Fsp3) is 0. The van der Waals surface area contributed by atoms with E-state index in [1.807, 2.05) is 6.07 Å². The van der Waals surface area contributed by atoms with Gasteiger partial charge in [0.15, 0.2) is 0 Å². The van der Waals surface area contributed by atoms with Crippen molar-refractivity contribution >= 4 is 28.1 Å². The Morgan fingerprint density at radius 3 is 2.12 bits per heavy atom. The van der Waals surface area contributed by atoms with Crippen molar-refractivity contribution in [3.8, 4) is 0 Å². The third kappa shape index (κ3) is 1.59. The summed E-state index contributed by atoms with van der Waals surface area (Å²) in [7, 11) is 0.805. The Balaban J connectivity index is 2.83. The molecule has 1 unspecified atom stereocenters. The average Bonchev–Trinajstić information content (AvgIpc) is 1.90. The quantitative estimate of drug-likeness (QED) is 0.456. The maximum absolute atomic E-state index is 2.99. The molecule has 0 spiro atoms. The van der Waals surface area contributed by atoms with Crippen molar-refractivity contribution in [2.75, 3.05) is 0 Å². The van der Waals surface area contributed by atoms with Crippen LogP contribution in [0.2, 0.25) is 0 Å². The molecule has 0 fully saturated rings. The summed E-state index contributed by atoms with van der Waals surface area (Å²) in [6, 6.07) is 10.4. The van der Waals surface area contributed by atoms with Gasteiger partial charge in [0.25, 0.3) is 0 Å². The Morgan fingerprint density at radius 2 is 1.75 bits per heavy atom. The number of hydrogen-bond donors (Lipinski definition) is 0. The zero-order valence-corrected chi connectivity index (χ0v) is 7.01. The van der Waals surface area contributed by atoms with E-state index >= 15 is 0 Å². The van der Waals surface area contributed by atoms with Gasteiger partial charge in [0.1, 0.15) is 0 Å². The molecule has 0 saturated heterocycles. The van der Waals surface area contributed by atoms with Crippen LogP contribution in [0.15, 0.2) is 30.3 Å². The van der Waals surface area contributed by atoms with Crippen LogP contribution in [0, 0.1) is 0 Å². The molecule has 0 nitrogen and oxygen atoms in total. The summed E-state index contributed by atoms with van der Waals surface area (Å²) < 4.78 is 0. The van der Waals surface area contributed by atoms with E-state index in [0.29, 0.717) is 0 Å². The van der Waals surface area contributed by atoms with Gasteiger partial charge in [-0.15, -0.1) is 0 Å². The molecule has 0 saturated carbocycles.